The molecule has 4 nitrogen and oxygen atoms in total. The Morgan fingerprint density at radius 1 is 1.64 bits per heavy atom. The van der Waals surface area contributed by atoms with Gasteiger partial charge in [-0.25, -0.2) is 4.79 Å². The van der Waals surface area contributed by atoms with Crippen molar-refractivity contribution in [2.24, 2.45) is 5.92 Å². The van der Waals surface area contributed by atoms with Gasteiger partial charge in [0, 0.05) is 0 Å². The van der Waals surface area contributed by atoms with Gasteiger partial charge in [-0.05, 0) is 18.8 Å². The van der Waals surface area contributed by atoms with Crippen LogP contribution in [0, 0.1) is 5.92 Å². The van der Waals surface area contributed by atoms with Crippen LogP contribution in [0.2, 0.25) is 0 Å². The average Bonchev–Trinajstić information content (AvgIpc) is 2.18. The fourth-order valence-electron chi connectivity index (χ4n) is 2.44. The summed E-state index contributed by atoms with van der Waals surface area (Å²) in [5, 5.41) is 11.7. The number of rotatable bonds is 4. The van der Waals surface area contributed by atoms with Crippen molar-refractivity contribution in [2.75, 3.05) is 0 Å². The maximum absolute atomic E-state index is 11.2. The number of carboxylic acid groups (broad SMARTS) is 1. The molecule has 1 amide bonds. The van der Waals surface area contributed by atoms with Crippen molar-refractivity contribution >= 4 is 12.4 Å². The second kappa shape index (κ2) is 4.44. The second-order valence-electron chi connectivity index (χ2n) is 3.89. The van der Waals surface area contributed by atoms with Gasteiger partial charge in [0.25, 0.3) is 0 Å². The first kappa shape index (κ1) is 11.0. The Morgan fingerprint density at radius 2 is 2.36 bits per heavy atom. The third-order valence-corrected chi connectivity index (χ3v) is 3.26. The Balaban J connectivity index is 2.90. The molecule has 1 rings (SSSR count). The molecular weight excluding hydrogens is 182 g/mol. The highest BCUT2D eigenvalue weighted by Gasteiger charge is 2.46. The zero-order chi connectivity index (χ0) is 10.6. The maximum atomic E-state index is 11.2. The number of hydrogen-bond donors (Lipinski definition) is 2. The summed E-state index contributed by atoms with van der Waals surface area (Å²) < 4.78 is 0. The zero-order valence-electron chi connectivity index (χ0n) is 8.45. The number of amides is 1. The van der Waals surface area contributed by atoms with Crippen molar-refractivity contribution < 1.29 is 14.7 Å². The predicted octanol–water partition coefficient (Wildman–Crippen LogP) is 1.16. The highest BCUT2D eigenvalue weighted by atomic mass is 16.4. The fourth-order valence-corrected chi connectivity index (χ4v) is 2.44. The van der Waals surface area contributed by atoms with E-state index in [4.69, 9.17) is 0 Å². The van der Waals surface area contributed by atoms with E-state index in [1.165, 1.54) is 0 Å². The monoisotopic (exact) mass is 199 g/mol. The van der Waals surface area contributed by atoms with E-state index in [1.54, 1.807) is 0 Å². The minimum Gasteiger partial charge on any atom is -0.479 e. The summed E-state index contributed by atoms with van der Waals surface area (Å²) in [7, 11) is 0. The SMILES string of the molecule is CCC1CCCCC1(NC=O)C(=O)O. The van der Waals surface area contributed by atoms with E-state index in [9.17, 15) is 14.7 Å². The van der Waals surface area contributed by atoms with Crippen LogP contribution in [0.1, 0.15) is 39.0 Å². The zero-order valence-corrected chi connectivity index (χ0v) is 8.45. The predicted molar refractivity (Wildman–Crippen MR) is 51.8 cm³/mol. The molecule has 0 aromatic rings. The van der Waals surface area contributed by atoms with Crippen LogP contribution in [0.4, 0.5) is 0 Å². The minimum absolute atomic E-state index is 0.0685. The molecule has 0 aromatic heterocycles. The quantitative estimate of drug-likeness (QED) is 0.667. The molecule has 80 valence electrons. The Labute approximate surface area is 83.7 Å². The van der Waals surface area contributed by atoms with Crippen LogP contribution in [-0.4, -0.2) is 23.0 Å². The molecule has 0 aromatic carbocycles. The molecule has 0 radical (unpaired) electrons. The number of carboxylic acids is 1. The van der Waals surface area contributed by atoms with Crippen molar-refractivity contribution in [1.29, 1.82) is 0 Å². The smallest absolute Gasteiger partial charge is 0.329 e. The highest BCUT2D eigenvalue weighted by Crippen LogP contribution is 2.35. The van der Waals surface area contributed by atoms with Crippen LogP contribution in [-0.2, 0) is 9.59 Å². The molecule has 1 aliphatic rings. The third kappa shape index (κ3) is 1.74. The van der Waals surface area contributed by atoms with Gasteiger partial charge in [0.2, 0.25) is 6.41 Å². The van der Waals surface area contributed by atoms with E-state index >= 15 is 0 Å². The first-order chi connectivity index (χ1) is 6.67. The van der Waals surface area contributed by atoms with E-state index in [1.807, 2.05) is 6.92 Å². The van der Waals surface area contributed by atoms with Crippen LogP contribution in [0.5, 0.6) is 0 Å². The maximum Gasteiger partial charge on any atom is 0.329 e. The first-order valence-corrected chi connectivity index (χ1v) is 5.12. The van der Waals surface area contributed by atoms with E-state index < -0.39 is 11.5 Å². The molecule has 0 aliphatic heterocycles. The summed E-state index contributed by atoms with van der Waals surface area (Å²) in [6.45, 7) is 1.97. The molecule has 1 saturated carbocycles. The van der Waals surface area contributed by atoms with Crippen molar-refractivity contribution in [3.8, 4) is 0 Å². The lowest BCUT2D eigenvalue weighted by Crippen LogP contribution is -2.58. The summed E-state index contributed by atoms with van der Waals surface area (Å²) in [5.74, 6) is -0.824. The van der Waals surface area contributed by atoms with Crippen LogP contribution >= 0.6 is 0 Å². The average molecular weight is 199 g/mol. The number of aliphatic carboxylic acids is 1. The van der Waals surface area contributed by atoms with E-state index in [2.05, 4.69) is 5.32 Å². The first-order valence-electron chi connectivity index (χ1n) is 5.12. The molecular formula is C10H17NO3. The minimum atomic E-state index is -1.01. The largest absolute Gasteiger partial charge is 0.479 e. The lowest BCUT2D eigenvalue weighted by Gasteiger charge is -2.39. The Morgan fingerprint density at radius 3 is 2.86 bits per heavy atom. The number of nitrogens with one attached hydrogen (secondary N) is 1. The highest BCUT2D eigenvalue weighted by molar-refractivity contribution is 5.82. The lowest BCUT2D eigenvalue weighted by molar-refractivity contribution is -0.150. The van der Waals surface area contributed by atoms with E-state index in [0.717, 1.165) is 25.7 Å². The van der Waals surface area contributed by atoms with Gasteiger partial charge in [0.15, 0.2) is 0 Å². The third-order valence-electron chi connectivity index (χ3n) is 3.26. The Bertz CT molecular complexity index is 229. The van der Waals surface area contributed by atoms with Crippen LogP contribution < -0.4 is 5.32 Å². The summed E-state index contributed by atoms with van der Waals surface area (Å²) in [6, 6.07) is 0. The fraction of sp³-hybridized carbons (Fsp3) is 0.800. The van der Waals surface area contributed by atoms with E-state index in [0.29, 0.717) is 12.8 Å². The summed E-state index contributed by atoms with van der Waals surface area (Å²) in [5.41, 5.74) is -1.01. The molecule has 2 atom stereocenters. The van der Waals surface area contributed by atoms with Gasteiger partial charge >= 0.3 is 5.97 Å². The topological polar surface area (TPSA) is 66.4 Å². The van der Waals surface area contributed by atoms with Crippen molar-refractivity contribution in [2.45, 2.75) is 44.6 Å². The van der Waals surface area contributed by atoms with Crippen molar-refractivity contribution in [1.82, 2.24) is 5.32 Å². The van der Waals surface area contributed by atoms with Crippen LogP contribution in [0.15, 0.2) is 0 Å². The molecule has 2 N–H and O–H groups in total. The van der Waals surface area contributed by atoms with Crippen molar-refractivity contribution in [3.63, 3.8) is 0 Å². The molecule has 0 heterocycles. The molecule has 1 fully saturated rings. The van der Waals surface area contributed by atoms with Gasteiger partial charge in [0.1, 0.15) is 5.54 Å². The summed E-state index contributed by atoms with van der Waals surface area (Å²) >= 11 is 0. The second-order valence-corrected chi connectivity index (χ2v) is 3.89. The van der Waals surface area contributed by atoms with Crippen LogP contribution in [0.3, 0.4) is 0 Å². The van der Waals surface area contributed by atoms with Gasteiger partial charge in [0.05, 0.1) is 0 Å². The standard InChI is InChI=1S/C10H17NO3/c1-2-8-5-3-4-6-10(8,9(13)14)11-7-12/h7-8H,2-6H2,1H3,(H,11,12)(H,13,14). The van der Waals surface area contributed by atoms with Gasteiger partial charge < -0.3 is 10.4 Å². The lowest BCUT2D eigenvalue weighted by atomic mass is 9.71. The van der Waals surface area contributed by atoms with Gasteiger partial charge in [-0.2, -0.15) is 0 Å². The molecule has 1 aliphatic carbocycles. The van der Waals surface area contributed by atoms with E-state index in [-0.39, 0.29) is 5.92 Å². The van der Waals surface area contributed by atoms with Gasteiger partial charge in [-0.3, -0.25) is 4.79 Å². The molecule has 0 spiro atoms. The molecule has 2 unspecified atom stereocenters. The summed E-state index contributed by atoms with van der Waals surface area (Å²) in [6.07, 6.45) is 4.70. The molecule has 14 heavy (non-hydrogen) atoms. The van der Waals surface area contributed by atoms with Gasteiger partial charge in [-0.1, -0.05) is 26.2 Å². The normalized spacial score (nSPS) is 32.2. The number of hydrogen-bond acceptors (Lipinski definition) is 2. The number of carbonyl (C=O) groups is 2. The Kier molecular flexibility index (Phi) is 3.49. The van der Waals surface area contributed by atoms with Crippen molar-refractivity contribution in [3.05, 3.63) is 0 Å². The van der Waals surface area contributed by atoms with Gasteiger partial charge in [-0.15, -0.1) is 0 Å². The molecule has 4 heteroatoms. The molecule has 0 saturated heterocycles. The Hall–Kier alpha value is -1.06. The molecule has 0 bridgehead atoms. The van der Waals surface area contributed by atoms with Crippen LogP contribution in [0.25, 0.3) is 0 Å². The number of carbonyl (C=O) groups excluding carboxylic acids is 1. The summed E-state index contributed by atoms with van der Waals surface area (Å²) in [4.78, 5) is 21.7.